The van der Waals surface area contributed by atoms with E-state index in [0.29, 0.717) is 19.4 Å². The van der Waals surface area contributed by atoms with Crippen molar-refractivity contribution < 1.29 is 14.0 Å². The second-order valence-electron chi connectivity index (χ2n) is 8.48. The van der Waals surface area contributed by atoms with Crippen LogP contribution in [0.1, 0.15) is 30.5 Å². The van der Waals surface area contributed by atoms with E-state index in [1.165, 1.54) is 12.1 Å². The number of benzene rings is 3. The van der Waals surface area contributed by atoms with Crippen molar-refractivity contribution in [2.45, 2.75) is 39.3 Å². The average Bonchev–Trinajstić information content (AvgIpc) is 2.83. The van der Waals surface area contributed by atoms with Crippen LogP contribution in [0.25, 0.3) is 0 Å². The van der Waals surface area contributed by atoms with Gasteiger partial charge in [0.2, 0.25) is 11.8 Å². The molecule has 0 aromatic heterocycles. The van der Waals surface area contributed by atoms with Gasteiger partial charge in [-0.1, -0.05) is 86.6 Å². The summed E-state index contributed by atoms with van der Waals surface area (Å²) in [6, 6.07) is 25.0. The Hall–Kier alpha value is -3.47. The Morgan fingerprint density at radius 3 is 1.97 bits per heavy atom. The minimum atomic E-state index is -0.678. The zero-order valence-corrected chi connectivity index (χ0v) is 19.2. The Labute approximate surface area is 195 Å². The molecule has 3 aromatic carbocycles. The van der Waals surface area contributed by atoms with Gasteiger partial charge in [-0.2, -0.15) is 0 Å². The molecular weight excluding hydrogens is 415 g/mol. The third kappa shape index (κ3) is 7.28. The molecule has 0 fully saturated rings. The van der Waals surface area contributed by atoms with Crippen molar-refractivity contribution in [3.05, 3.63) is 107 Å². The molecule has 0 saturated carbocycles. The van der Waals surface area contributed by atoms with Gasteiger partial charge in [0.15, 0.2) is 0 Å². The van der Waals surface area contributed by atoms with Crippen molar-refractivity contribution in [3.63, 3.8) is 0 Å². The van der Waals surface area contributed by atoms with Gasteiger partial charge in [-0.15, -0.1) is 0 Å². The maximum atomic E-state index is 13.4. The lowest BCUT2D eigenvalue weighted by Gasteiger charge is -2.33. The third-order valence-electron chi connectivity index (χ3n) is 5.55. The molecule has 0 aliphatic rings. The van der Waals surface area contributed by atoms with Crippen molar-refractivity contribution in [2.24, 2.45) is 5.92 Å². The van der Waals surface area contributed by atoms with Gasteiger partial charge in [0.05, 0.1) is 0 Å². The van der Waals surface area contributed by atoms with Gasteiger partial charge in [-0.25, -0.2) is 4.39 Å². The molecule has 33 heavy (non-hydrogen) atoms. The lowest BCUT2D eigenvalue weighted by Crippen LogP contribution is -2.51. The minimum Gasteiger partial charge on any atom is -0.354 e. The second kappa shape index (κ2) is 12.0. The topological polar surface area (TPSA) is 49.4 Å². The molecular formula is C28H31FN2O2. The molecule has 0 aliphatic heterocycles. The summed E-state index contributed by atoms with van der Waals surface area (Å²) < 4.78 is 13.4. The maximum absolute atomic E-state index is 13.4. The molecule has 3 aromatic rings. The molecule has 172 valence electrons. The first-order valence-corrected chi connectivity index (χ1v) is 11.3. The maximum Gasteiger partial charge on any atom is 0.243 e. The van der Waals surface area contributed by atoms with Crippen LogP contribution in [-0.4, -0.2) is 29.3 Å². The lowest BCUT2D eigenvalue weighted by molar-refractivity contribution is -0.143. The molecule has 1 atom stereocenters. The largest absolute Gasteiger partial charge is 0.354 e. The standard InChI is InChI=1S/C28H31FN2O2/c1-21(2)28(33)31(20-24-13-15-25(29)16-14-24)26(19-23-11-7-4-8-12-23)27(32)30-18-17-22-9-5-3-6-10-22/h3-16,21,26H,17-20H2,1-2H3,(H,30,32)/t26-/m0/s1. The molecule has 2 amide bonds. The third-order valence-corrected chi connectivity index (χ3v) is 5.55. The number of nitrogens with zero attached hydrogens (tertiary/aromatic N) is 1. The molecule has 0 unspecified atom stereocenters. The Morgan fingerprint density at radius 2 is 1.39 bits per heavy atom. The highest BCUT2D eigenvalue weighted by molar-refractivity contribution is 5.88. The molecule has 4 nitrogen and oxygen atoms in total. The Morgan fingerprint density at radius 1 is 0.818 bits per heavy atom. The number of carbonyl (C=O) groups is 2. The van der Waals surface area contributed by atoms with Gasteiger partial charge >= 0.3 is 0 Å². The molecule has 0 heterocycles. The summed E-state index contributed by atoms with van der Waals surface area (Å²) in [7, 11) is 0. The molecule has 1 N–H and O–H groups in total. The van der Waals surface area contributed by atoms with E-state index in [4.69, 9.17) is 0 Å². The van der Waals surface area contributed by atoms with Crippen molar-refractivity contribution >= 4 is 11.8 Å². The van der Waals surface area contributed by atoms with E-state index in [0.717, 1.165) is 16.7 Å². The smallest absolute Gasteiger partial charge is 0.243 e. The van der Waals surface area contributed by atoms with Gasteiger partial charge in [-0.05, 0) is 35.2 Å². The summed E-state index contributed by atoms with van der Waals surface area (Å²) >= 11 is 0. The van der Waals surface area contributed by atoms with Crippen LogP contribution in [0.15, 0.2) is 84.9 Å². The summed E-state index contributed by atoms with van der Waals surface area (Å²) in [5.41, 5.74) is 2.89. The zero-order valence-electron chi connectivity index (χ0n) is 19.2. The van der Waals surface area contributed by atoms with Crippen LogP contribution < -0.4 is 5.32 Å². The summed E-state index contributed by atoms with van der Waals surface area (Å²) in [5, 5.41) is 3.03. The number of rotatable bonds is 10. The van der Waals surface area contributed by atoms with Crippen LogP contribution in [-0.2, 0) is 29.0 Å². The summed E-state index contributed by atoms with van der Waals surface area (Å²) in [6.45, 7) is 4.37. The average molecular weight is 447 g/mol. The van der Waals surface area contributed by atoms with Crippen LogP contribution in [0.3, 0.4) is 0 Å². The molecule has 0 aliphatic carbocycles. The van der Waals surface area contributed by atoms with E-state index in [1.807, 2.05) is 74.5 Å². The van der Waals surface area contributed by atoms with E-state index < -0.39 is 6.04 Å². The SMILES string of the molecule is CC(C)C(=O)N(Cc1ccc(F)cc1)[C@@H](Cc1ccccc1)C(=O)NCCc1ccccc1. The van der Waals surface area contributed by atoms with Crippen molar-refractivity contribution in [3.8, 4) is 0 Å². The second-order valence-corrected chi connectivity index (χ2v) is 8.48. The highest BCUT2D eigenvalue weighted by Gasteiger charge is 2.31. The quantitative estimate of drug-likeness (QED) is 0.487. The number of halogens is 1. The Bertz CT molecular complexity index is 1020. The first kappa shape index (κ1) is 24.2. The van der Waals surface area contributed by atoms with Gasteiger partial charge in [0, 0.05) is 25.4 Å². The van der Waals surface area contributed by atoms with Gasteiger partial charge < -0.3 is 10.2 Å². The normalized spacial score (nSPS) is 11.8. The van der Waals surface area contributed by atoms with Crippen LogP contribution in [0.4, 0.5) is 4.39 Å². The van der Waals surface area contributed by atoms with Gasteiger partial charge in [-0.3, -0.25) is 9.59 Å². The Balaban J connectivity index is 1.83. The zero-order chi connectivity index (χ0) is 23.6. The number of hydrogen-bond donors (Lipinski definition) is 1. The minimum absolute atomic E-state index is 0.113. The fraction of sp³-hybridized carbons (Fsp3) is 0.286. The molecule has 0 bridgehead atoms. The van der Waals surface area contributed by atoms with E-state index in [2.05, 4.69) is 5.32 Å². The molecule has 3 rings (SSSR count). The molecule has 0 radical (unpaired) electrons. The van der Waals surface area contributed by atoms with Crippen molar-refractivity contribution in [1.29, 1.82) is 0 Å². The van der Waals surface area contributed by atoms with Crippen LogP contribution in [0, 0.1) is 11.7 Å². The number of nitrogens with one attached hydrogen (secondary N) is 1. The molecule has 0 saturated heterocycles. The number of carbonyl (C=O) groups excluding carboxylic acids is 2. The Kier molecular flexibility index (Phi) is 8.76. The fourth-order valence-electron chi connectivity index (χ4n) is 3.73. The lowest BCUT2D eigenvalue weighted by atomic mass is 10.0. The number of amides is 2. The highest BCUT2D eigenvalue weighted by atomic mass is 19.1. The van der Waals surface area contributed by atoms with Crippen molar-refractivity contribution in [1.82, 2.24) is 10.2 Å². The van der Waals surface area contributed by atoms with Crippen molar-refractivity contribution in [2.75, 3.05) is 6.54 Å². The summed E-state index contributed by atoms with van der Waals surface area (Å²) in [4.78, 5) is 28.2. The monoisotopic (exact) mass is 446 g/mol. The first-order valence-electron chi connectivity index (χ1n) is 11.3. The first-order chi connectivity index (χ1) is 15.9. The summed E-state index contributed by atoms with van der Waals surface area (Å²) in [5.74, 6) is -0.912. The molecule has 0 spiro atoms. The summed E-state index contributed by atoms with van der Waals surface area (Å²) in [6.07, 6.45) is 1.11. The van der Waals surface area contributed by atoms with E-state index in [-0.39, 0.29) is 30.1 Å². The van der Waals surface area contributed by atoms with E-state index in [9.17, 15) is 14.0 Å². The number of hydrogen-bond acceptors (Lipinski definition) is 2. The van der Waals surface area contributed by atoms with Gasteiger partial charge in [0.1, 0.15) is 11.9 Å². The predicted molar refractivity (Wildman–Crippen MR) is 129 cm³/mol. The van der Waals surface area contributed by atoms with E-state index in [1.54, 1.807) is 17.0 Å². The van der Waals surface area contributed by atoms with Gasteiger partial charge in [0.25, 0.3) is 0 Å². The van der Waals surface area contributed by atoms with E-state index >= 15 is 0 Å². The van der Waals surface area contributed by atoms with Crippen LogP contribution >= 0.6 is 0 Å². The van der Waals surface area contributed by atoms with Crippen LogP contribution in [0.5, 0.6) is 0 Å². The predicted octanol–water partition coefficient (Wildman–Crippen LogP) is 4.78. The fourth-order valence-corrected chi connectivity index (χ4v) is 3.73. The molecule has 5 heteroatoms. The van der Waals surface area contributed by atoms with Crippen LogP contribution in [0.2, 0.25) is 0 Å². The highest BCUT2D eigenvalue weighted by Crippen LogP contribution is 2.17.